The molecule has 0 aromatic rings. The van der Waals surface area contributed by atoms with Crippen LogP contribution < -0.4 is 5.32 Å². The predicted octanol–water partition coefficient (Wildman–Crippen LogP) is 8.89. The minimum atomic E-state index is -1.97. The topological polar surface area (TPSA) is 307 Å². The highest BCUT2D eigenvalue weighted by Gasteiger charge is 2.53. The van der Waals surface area contributed by atoms with Gasteiger partial charge in [0.05, 0.1) is 38.6 Å². The van der Waals surface area contributed by atoms with E-state index in [1.54, 1.807) is 6.08 Å². The normalized spacial score (nSPS) is 28.8. The van der Waals surface area contributed by atoms with Crippen LogP contribution in [0.2, 0.25) is 0 Å². The predicted molar refractivity (Wildman–Crippen MR) is 333 cm³/mol. The van der Waals surface area contributed by atoms with Gasteiger partial charge in [-0.25, -0.2) is 0 Å². The molecule has 3 rings (SSSR count). The van der Waals surface area contributed by atoms with Gasteiger partial charge in [0.1, 0.15) is 73.2 Å². The first-order chi connectivity index (χ1) is 41.8. The minimum absolute atomic E-state index is 0.248. The lowest BCUT2D eigenvalue weighted by atomic mass is 9.96. The van der Waals surface area contributed by atoms with Gasteiger partial charge >= 0.3 is 0 Å². The highest BCUT2D eigenvalue weighted by Crippen LogP contribution is 2.33. The molecule has 3 saturated heterocycles. The molecule has 12 N–H and O–H groups in total. The zero-order valence-electron chi connectivity index (χ0n) is 53.6. The van der Waals surface area contributed by atoms with Gasteiger partial charge < -0.3 is 89.9 Å². The molecule has 1 amide bonds. The average Bonchev–Trinajstić information content (AvgIpc) is 1.41. The Bertz CT molecular complexity index is 1620. The molecule has 17 atom stereocenters. The molecule has 3 aliphatic heterocycles. The zero-order chi connectivity index (χ0) is 62.6. The first-order valence-corrected chi connectivity index (χ1v) is 34.9. The highest BCUT2D eigenvalue weighted by molar-refractivity contribution is 5.76. The van der Waals surface area contributed by atoms with Crippen molar-refractivity contribution >= 4 is 5.91 Å². The Morgan fingerprint density at radius 1 is 0.407 bits per heavy atom. The number of aliphatic hydroxyl groups excluding tert-OH is 11. The number of carbonyl (C=O) groups is 1. The lowest BCUT2D eigenvalue weighted by molar-refractivity contribution is -0.379. The molecule has 3 aliphatic rings. The number of amides is 1. The van der Waals surface area contributed by atoms with E-state index in [2.05, 4.69) is 19.2 Å². The summed E-state index contributed by atoms with van der Waals surface area (Å²) in [6.07, 6.45) is 28.8. The fourth-order valence-electron chi connectivity index (χ4n) is 12.1. The molecular weight excluding hydrogens is 1110 g/mol. The summed E-state index contributed by atoms with van der Waals surface area (Å²) in [5.74, 6) is -0.276. The van der Waals surface area contributed by atoms with Gasteiger partial charge in [0.2, 0.25) is 5.91 Å². The van der Waals surface area contributed by atoms with Crippen molar-refractivity contribution in [1.29, 1.82) is 0 Å². The molecule has 0 radical (unpaired) electrons. The molecule has 17 unspecified atom stereocenters. The van der Waals surface area contributed by atoms with Crippen molar-refractivity contribution in [3.8, 4) is 0 Å². The largest absolute Gasteiger partial charge is 0.394 e. The number of hydrogen-bond donors (Lipinski definition) is 12. The highest BCUT2D eigenvalue weighted by atomic mass is 16.8. The van der Waals surface area contributed by atoms with E-state index in [4.69, 9.17) is 28.4 Å². The number of allylic oxidation sites excluding steroid dienone is 1. The molecular formula is C67H127NO18. The van der Waals surface area contributed by atoms with Crippen molar-refractivity contribution in [2.45, 2.75) is 381 Å². The van der Waals surface area contributed by atoms with Crippen LogP contribution >= 0.6 is 0 Å². The number of carbonyl (C=O) groups excluding carboxylic acids is 1. The standard InChI is InChI=1S/C67H127NO18/c1-3-5-7-9-11-12-13-14-15-16-17-18-19-20-21-22-23-24-25-26-27-28-29-30-31-32-33-34-35-36-37-38-39-41-43-45-55(73)68-50(51(72)44-42-40-10-8-6-4-2)49-81-65-61(79)58(76)63(53(47-70)83-65)86-67-62(80)59(77)64(54(48-71)84-67)85-66-60(78)57(75)56(74)52(46-69)82-66/h42,44,50-54,56-67,69-72,74-80H,3-41,43,45-49H2,1-2H3,(H,68,73)/b44-42+. The average molecular weight is 1230 g/mol. The van der Waals surface area contributed by atoms with E-state index in [-0.39, 0.29) is 18.9 Å². The van der Waals surface area contributed by atoms with Crippen molar-refractivity contribution < 1.29 is 89.4 Å². The van der Waals surface area contributed by atoms with E-state index < -0.39 is 124 Å². The number of hydrogen-bond acceptors (Lipinski definition) is 18. The van der Waals surface area contributed by atoms with Gasteiger partial charge in [0, 0.05) is 6.42 Å². The Kier molecular flexibility index (Phi) is 45.9. The first-order valence-electron chi connectivity index (χ1n) is 34.9. The maximum Gasteiger partial charge on any atom is 0.220 e. The van der Waals surface area contributed by atoms with Crippen molar-refractivity contribution in [3.63, 3.8) is 0 Å². The Balaban J connectivity index is 1.25. The SMILES string of the molecule is CCCCCC/C=C/C(O)C(COC1OC(CO)C(OC2OC(CO)C(OC3OC(CO)C(O)C(O)C3O)C(O)C2O)C(O)C1O)NC(=O)CCCCCCCCCCCCCCCCCCCCCCCCCCCCCCCCCCCCC. The van der Waals surface area contributed by atoms with Gasteiger partial charge in [-0.15, -0.1) is 0 Å². The van der Waals surface area contributed by atoms with Gasteiger partial charge in [-0.1, -0.05) is 264 Å². The van der Waals surface area contributed by atoms with Gasteiger partial charge in [0.15, 0.2) is 18.9 Å². The number of aliphatic hydroxyl groups is 11. The lowest BCUT2D eigenvalue weighted by Crippen LogP contribution is -2.66. The molecule has 3 heterocycles. The summed E-state index contributed by atoms with van der Waals surface area (Å²) in [6.45, 7) is 1.65. The Morgan fingerprint density at radius 3 is 1.09 bits per heavy atom. The molecule has 508 valence electrons. The maximum absolute atomic E-state index is 13.3. The molecule has 0 spiro atoms. The summed E-state index contributed by atoms with van der Waals surface area (Å²) in [4.78, 5) is 13.3. The van der Waals surface area contributed by atoms with E-state index >= 15 is 0 Å². The fourth-order valence-corrected chi connectivity index (χ4v) is 12.1. The summed E-state index contributed by atoms with van der Waals surface area (Å²) in [5.41, 5.74) is 0. The van der Waals surface area contributed by atoms with E-state index in [9.17, 15) is 61.0 Å². The van der Waals surface area contributed by atoms with E-state index in [1.165, 1.54) is 199 Å². The van der Waals surface area contributed by atoms with Crippen LogP contribution in [0.15, 0.2) is 12.2 Å². The fraction of sp³-hybridized carbons (Fsp3) is 0.955. The Labute approximate surface area is 518 Å². The number of nitrogens with one attached hydrogen (secondary N) is 1. The summed E-state index contributed by atoms with van der Waals surface area (Å²) >= 11 is 0. The number of ether oxygens (including phenoxy) is 6. The molecule has 0 aromatic heterocycles. The molecule has 3 fully saturated rings. The van der Waals surface area contributed by atoms with Crippen LogP contribution in [-0.2, 0) is 33.2 Å². The van der Waals surface area contributed by atoms with Gasteiger partial charge in [-0.3, -0.25) is 4.79 Å². The third-order valence-corrected chi connectivity index (χ3v) is 17.8. The monoisotopic (exact) mass is 1230 g/mol. The maximum atomic E-state index is 13.3. The number of rotatable bonds is 54. The lowest BCUT2D eigenvalue weighted by Gasteiger charge is -2.48. The van der Waals surface area contributed by atoms with Crippen LogP contribution in [0.3, 0.4) is 0 Å². The van der Waals surface area contributed by atoms with E-state index in [1.807, 2.05) is 6.08 Å². The third kappa shape index (κ3) is 32.2. The first kappa shape index (κ1) is 78.8. The second-order valence-electron chi connectivity index (χ2n) is 25.4. The molecule has 86 heavy (non-hydrogen) atoms. The van der Waals surface area contributed by atoms with Crippen molar-refractivity contribution in [2.75, 3.05) is 26.4 Å². The van der Waals surface area contributed by atoms with Gasteiger partial charge in [0.25, 0.3) is 0 Å². The Hall–Kier alpha value is -1.47. The molecule has 19 nitrogen and oxygen atoms in total. The molecule has 0 saturated carbocycles. The molecule has 0 aliphatic carbocycles. The summed E-state index contributed by atoms with van der Waals surface area (Å²) in [5, 5.41) is 120. The third-order valence-electron chi connectivity index (χ3n) is 17.8. The summed E-state index contributed by atoms with van der Waals surface area (Å²) in [6, 6.07) is -0.965. The van der Waals surface area contributed by atoms with Crippen LogP contribution in [0.5, 0.6) is 0 Å². The van der Waals surface area contributed by atoms with Crippen LogP contribution in [0.4, 0.5) is 0 Å². The van der Waals surface area contributed by atoms with Crippen molar-refractivity contribution in [1.82, 2.24) is 5.32 Å². The van der Waals surface area contributed by atoms with E-state index in [0.29, 0.717) is 6.42 Å². The zero-order valence-corrected chi connectivity index (χ0v) is 53.6. The van der Waals surface area contributed by atoms with Crippen molar-refractivity contribution in [3.05, 3.63) is 12.2 Å². The second kappa shape index (κ2) is 50.1. The van der Waals surface area contributed by atoms with Crippen LogP contribution in [-0.4, -0.2) is 193 Å². The second-order valence-corrected chi connectivity index (χ2v) is 25.4. The summed E-state index contributed by atoms with van der Waals surface area (Å²) in [7, 11) is 0. The minimum Gasteiger partial charge on any atom is -0.394 e. The molecule has 19 heteroatoms. The molecule has 0 aromatic carbocycles. The van der Waals surface area contributed by atoms with Gasteiger partial charge in [-0.05, 0) is 19.3 Å². The van der Waals surface area contributed by atoms with Crippen LogP contribution in [0.1, 0.15) is 277 Å². The molecule has 0 bridgehead atoms. The van der Waals surface area contributed by atoms with Gasteiger partial charge in [-0.2, -0.15) is 0 Å². The van der Waals surface area contributed by atoms with Crippen LogP contribution in [0, 0.1) is 0 Å². The van der Waals surface area contributed by atoms with Crippen LogP contribution in [0.25, 0.3) is 0 Å². The summed E-state index contributed by atoms with van der Waals surface area (Å²) < 4.78 is 34.2. The Morgan fingerprint density at radius 2 is 0.721 bits per heavy atom. The smallest absolute Gasteiger partial charge is 0.220 e. The van der Waals surface area contributed by atoms with Crippen molar-refractivity contribution in [2.24, 2.45) is 0 Å². The van der Waals surface area contributed by atoms with E-state index in [0.717, 1.165) is 51.4 Å². The number of unbranched alkanes of at least 4 members (excludes halogenated alkanes) is 38. The quantitative estimate of drug-likeness (QED) is 0.0200.